The molecule has 4 heteroatoms. The van der Waals surface area contributed by atoms with Gasteiger partial charge in [-0.25, -0.2) is 13.8 Å². The molecule has 0 N–H and O–H groups in total. The zero-order chi connectivity index (χ0) is 11.9. The molecule has 0 radical (unpaired) electrons. The van der Waals surface area contributed by atoms with Crippen LogP contribution in [0.5, 0.6) is 0 Å². The van der Waals surface area contributed by atoms with Crippen LogP contribution in [0.2, 0.25) is 0 Å². The van der Waals surface area contributed by atoms with Crippen LogP contribution in [0, 0.1) is 0 Å². The molecule has 88 valence electrons. The lowest BCUT2D eigenvalue weighted by Gasteiger charge is -2.10. The van der Waals surface area contributed by atoms with Crippen LogP contribution in [0.3, 0.4) is 0 Å². The minimum Gasteiger partial charge on any atom is -0.245 e. The van der Waals surface area contributed by atoms with Crippen molar-refractivity contribution in [1.82, 2.24) is 4.98 Å². The van der Waals surface area contributed by atoms with Crippen molar-refractivity contribution in [2.24, 2.45) is 0 Å². The second kappa shape index (κ2) is 3.88. The summed E-state index contributed by atoms with van der Waals surface area (Å²) < 4.78 is 28.0. The first-order valence-electron chi connectivity index (χ1n) is 5.57. The van der Waals surface area contributed by atoms with Gasteiger partial charge < -0.3 is 0 Å². The van der Waals surface area contributed by atoms with Crippen molar-refractivity contribution in [3.63, 3.8) is 0 Å². The van der Waals surface area contributed by atoms with E-state index in [9.17, 15) is 8.78 Å². The summed E-state index contributed by atoms with van der Waals surface area (Å²) in [6, 6.07) is 5.66. The molecule has 0 atom stereocenters. The van der Waals surface area contributed by atoms with Crippen molar-refractivity contribution in [3.05, 3.63) is 34.8 Å². The molecule has 1 fully saturated rings. The van der Waals surface area contributed by atoms with Gasteiger partial charge in [0.25, 0.3) is 5.92 Å². The van der Waals surface area contributed by atoms with Crippen LogP contribution in [-0.2, 0) is 0 Å². The third kappa shape index (κ3) is 1.97. The van der Waals surface area contributed by atoms with Crippen molar-refractivity contribution >= 4 is 27.6 Å². The zero-order valence-electron chi connectivity index (χ0n) is 9.12. The van der Waals surface area contributed by atoms with E-state index < -0.39 is 5.92 Å². The lowest BCUT2D eigenvalue weighted by atomic mass is 10.1. The highest BCUT2D eigenvalue weighted by atomic mass is 32.1. The van der Waals surface area contributed by atoms with Gasteiger partial charge in [-0.2, -0.15) is 0 Å². The number of aromatic nitrogens is 1. The van der Waals surface area contributed by atoms with E-state index in [0.29, 0.717) is 12.8 Å². The molecule has 1 heterocycles. The minimum absolute atomic E-state index is 0.0123. The number of hydrogen-bond donors (Lipinski definition) is 0. The minimum atomic E-state index is -2.61. The highest BCUT2D eigenvalue weighted by Crippen LogP contribution is 2.40. The van der Waals surface area contributed by atoms with Gasteiger partial charge >= 0.3 is 0 Å². The van der Waals surface area contributed by atoms with E-state index in [1.54, 1.807) is 11.6 Å². The summed E-state index contributed by atoms with van der Waals surface area (Å²) in [6.45, 7) is 0. The van der Waals surface area contributed by atoms with Crippen molar-refractivity contribution < 1.29 is 8.78 Å². The molecular weight excluding hydrogens is 240 g/mol. The van der Waals surface area contributed by atoms with Gasteiger partial charge in [0.1, 0.15) is 0 Å². The molecule has 0 saturated heterocycles. The number of halogens is 2. The Bertz CT molecular complexity index is 586. The molecule has 1 nitrogen and oxygen atoms in total. The first-order valence-corrected chi connectivity index (χ1v) is 6.45. The fourth-order valence-corrected chi connectivity index (χ4v) is 2.91. The summed E-state index contributed by atoms with van der Waals surface area (Å²) in [5, 5.41) is 0. The maximum absolute atomic E-state index is 13.5. The molecule has 1 aromatic heterocycles. The Kier molecular flexibility index (Phi) is 2.47. The summed E-state index contributed by atoms with van der Waals surface area (Å²) in [4.78, 5) is 4.17. The van der Waals surface area contributed by atoms with Crippen LogP contribution in [0.4, 0.5) is 8.78 Å². The zero-order valence-corrected chi connectivity index (χ0v) is 9.94. The molecule has 0 spiro atoms. The van der Waals surface area contributed by atoms with Gasteiger partial charge in [0.2, 0.25) is 0 Å². The highest BCUT2D eigenvalue weighted by Gasteiger charge is 2.38. The van der Waals surface area contributed by atoms with Gasteiger partial charge in [-0.05, 0) is 42.2 Å². The maximum atomic E-state index is 13.5. The third-order valence-electron chi connectivity index (χ3n) is 3.10. The molecule has 1 aliphatic carbocycles. The lowest BCUT2D eigenvalue weighted by Crippen LogP contribution is -2.11. The van der Waals surface area contributed by atoms with Crippen LogP contribution in [0.25, 0.3) is 16.3 Å². The molecule has 2 aromatic rings. The summed E-state index contributed by atoms with van der Waals surface area (Å²) >= 11 is 1.53. The third-order valence-corrected chi connectivity index (χ3v) is 3.89. The van der Waals surface area contributed by atoms with Gasteiger partial charge in [0.05, 0.1) is 15.7 Å². The molecule has 1 saturated carbocycles. The second-order valence-electron chi connectivity index (χ2n) is 4.31. The van der Waals surface area contributed by atoms with Gasteiger partial charge in [-0.3, -0.25) is 0 Å². The second-order valence-corrected chi connectivity index (χ2v) is 5.19. The van der Waals surface area contributed by atoms with Crippen molar-refractivity contribution in [3.8, 4) is 0 Å². The Labute approximate surface area is 102 Å². The van der Waals surface area contributed by atoms with E-state index in [1.807, 2.05) is 18.2 Å². The number of thiazole rings is 1. The molecule has 0 aliphatic heterocycles. The first kappa shape index (κ1) is 10.8. The monoisotopic (exact) mass is 251 g/mol. The van der Waals surface area contributed by atoms with Gasteiger partial charge in [0.15, 0.2) is 0 Å². The Balaban J connectivity index is 2.01. The van der Waals surface area contributed by atoms with Crippen molar-refractivity contribution in [2.45, 2.75) is 25.2 Å². The molecule has 1 aliphatic rings. The van der Waals surface area contributed by atoms with E-state index in [2.05, 4.69) is 4.98 Å². The highest BCUT2D eigenvalue weighted by molar-refractivity contribution is 7.16. The predicted molar refractivity (Wildman–Crippen MR) is 66.4 cm³/mol. The molecule has 17 heavy (non-hydrogen) atoms. The standard InChI is InChI=1S/C13H11F2NS/c14-13(15)5-1-2-10(13)6-9-3-4-11-12(7-9)17-8-16-11/h3-4,6-8H,1-2,5H2/b10-6-. The fraction of sp³-hybridized carbons (Fsp3) is 0.308. The lowest BCUT2D eigenvalue weighted by molar-refractivity contribution is 0.0501. The topological polar surface area (TPSA) is 12.9 Å². The van der Waals surface area contributed by atoms with Crippen LogP contribution in [-0.4, -0.2) is 10.9 Å². The Hall–Kier alpha value is -1.29. The van der Waals surface area contributed by atoms with Crippen molar-refractivity contribution in [1.29, 1.82) is 0 Å². The van der Waals surface area contributed by atoms with Crippen LogP contribution >= 0.6 is 11.3 Å². The van der Waals surface area contributed by atoms with E-state index in [4.69, 9.17) is 0 Å². The summed E-state index contributed by atoms with van der Waals surface area (Å²) in [5.41, 5.74) is 3.81. The van der Waals surface area contributed by atoms with E-state index in [-0.39, 0.29) is 12.0 Å². The molecule has 1 aromatic carbocycles. The van der Waals surface area contributed by atoms with E-state index >= 15 is 0 Å². The largest absolute Gasteiger partial charge is 0.269 e. The van der Waals surface area contributed by atoms with Gasteiger partial charge in [-0.15, -0.1) is 11.3 Å². The van der Waals surface area contributed by atoms with Crippen molar-refractivity contribution in [2.75, 3.05) is 0 Å². The average molecular weight is 251 g/mol. The smallest absolute Gasteiger partial charge is 0.245 e. The fourth-order valence-electron chi connectivity index (χ4n) is 2.18. The number of fused-ring (bicyclic) bond motifs is 1. The number of hydrogen-bond acceptors (Lipinski definition) is 2. The summed E-state index contributed by atoms with van der Waals surface area (Å²) in [5.74, 6) is -2.61. The Morgan fingerprint density at radius 2 is 2.24 bits per heavy atom. The SMILES string of the molecule is FC1(F)CCC/C1=C/c1ccc2ncsc2c1. The Morgan fingerprint density at radius 1 is 1.35 bits per heavy atom. The number of alkyl halides is 2. The molecular formula is C13H11F2NS. The van der Waals surface area contributed by atoms with Gasteiger partial charge in [0, 0.05) is 6.42 Å². The normalized spacial score (nSPS) is 21.4. The van der Waals surface area contributed by atoms with E-state index in [0.717, 1.165) is 15.8 Å². The number of rotatable bonds is 1. The molecule has 3 rings (SSSR count). The summed E-state index contributed by atoms with van der Waals surface area (Å²) in [7, 11) is 0. The van der Waals surface area contributed by atoms with E-state index in [1.165, 1.54) is 11.3 Å². The van der Waals surface area contributed by atoms with Crippen LogP contribution in [0.1, 0.15) is 24.8 Å². The number of nitrogens with zero attached hydrogens (tertiary/aromatic N) is 1. The molecule has 0 unspecified atom stereocenters. The summed E-state index contributed by atoms with van der Waals surface area (Å²) in [6.07, 6.45) is 2.71. The quantitative estimate of drug-likeness (QED) is 0.727. The van der Waals surface area contributed by atoms with Crippen LogP contribution < -0.4 is 0 Å². The van der Waals surface area contributed by atoms with Gasteiger partial charge in [-0.1, -0.05) is 6.07 Å². The Morgan fingerprint density at radius 3 is 3.00 bits per heavy atom. The molecule has 0 amide bonds. The number of benzene rings is 1. The average Bonchev–Trinajstić information content (AvgIpc) is 2.85. The first-order chi connectivity index (χ1) is 8.15. The van der Waals surface area contributed by atoms with Crippen LogP contribution in [0.15, 0.2) is 29.3 Å². The predicted octanol–water partition coefficient (Wildman–Crippen LogP) is 4.50. The maximum Gasteiger partial charge on any atom is 0.269 e. The number of allylic oxidation sites excluding steroid dienone is 1. The molecule has 0 bridgehead atoms.